The van der Waals surface area contributed by atoms with E-state index in [4.69, 9.17) is 14.0 Å². The number of hydrogen-bond donors (Lipinski definition) is 3. The Labute approximate surface area is 220 Å². The third kappa shape index (κ3) is 4.84. The molecule has 0 saturated carbocycles. The van der Waals surface area contributed by atoms with Crippen molar-refractivity contribution in [2.75, 3.05) is 13.2 Å². The summed E-state index contributed by atoms with van der Waals surface area (Å²) in [4.78, 5) is 36.9. The Morgan fingerprint density at radius 1 is 0.974 bits per heavy atom. The largest absolute Gasteiger partial charge is 0.492 e. The maximum atomic E-state index is 12.8. The number of carbonyl (C=O) groups excluding carboxylic acids is 1. The molecule has 0 unspecified atom stereocenters. The van der Waals surface area contributed by atoms with Gasteiger partial charge in [-0.15, -0.1) is 0 Å². The molecule has 3 N–H and O–H groups in total. The minimum Gasteiger partial charge on any atom is -0.449 e. The molecule has 1 amide bonds. The van der Waals surface area contributed by atoms with E-state index < -0.39 is 35.5 Å². The number of benzene rings is 2. The fourth-order valence-electron chi connectivity index (χ4n) is 4.76. The number of aromatic amines is 2. The maximum Gasteiger partial charge on any atom is 0.492 e. The predicted molar refractivity (Wildman–Crippen MR) is 145 cm³/mol. The highest BCUT2D eigenvalue weighted by Crippen LogP contribution is 2.44. The molecule has 5 rings (SSSR count). The summed E-state index contributed by atoms with van der Waals surface area (Å²) in [6, 6.07) is 17.4. The van der Waals surface area contributed by atoms with E-state index in [0.717, 1.165) is 22.3 Å². The Morgan fingerprint density at radius 3 is 2.16 bits per heavy atom. The molecule has 0 atom stereocenters. The molecule has 0 radical (unpaired) electrons. The number of amides is 1. The van der Waals surface area contributed by atoms with Crippen molar-refractivity contribution in [3.63, 3.8) is 0 Å². The van der Waals surface area contributed by atoms with E-state index in [0.29, 0.717) is 5.47 Å². The average Bonchev–Trinajstić information content (AvgIpc) is 3.31. The lowest BCUT2D eigenvalue weighted by atomic mass is 9.77. The third-order valence-electron chi connectivity index (χ3n) is 7.53. The van der Waals surface area contributed by atoms with Crippen LogP contribution in [0.5, 0.6) is 0 Å². The van der Waals surface area contributed by atoms with Crippen LogP contribution in [-0.4, -0.2) is 47.8 Å². The van der Waals surface area contributed by atoms with Crippen LogP contribution in [0.2, 0.25) is 0 Å². The van der Waals surface area contributed by atoms with E-state index in [2.05, 4.69) is 39.8 Å². The summed E-state index contributed by atoms with van der Waals surface area (Å²) in [6.45, 7) is 7.78. The van der Waals surface area contributed by atoms with Crippen LogP contribution in [-0.2, 0) is 14.0 Å². The summed E-state index contributed by atoms with van der Waals surface area (Å²) in [6.07, 6.45) is 0.883. The lowest BCUT2D eigenvalue weighted by Gasteiger charge is -2.32. The number of carbonyl (C=O) groups is 1. The van der Waals surface area contributed by atoms with Crippen molar-refractivity contribution in [1.82, 2.24) is 15.5 Å². The van der Waals surface area contributed by atoms with Gasteiger partial charge in [-0.3, -0.25) is 19.8 Å². The van der Waals surface area contributed by atoms with Crippen LogP contribution in [0.15, 0.2) is 69.7 Å². The van der Waals surface area contributed by atoms with Gasteiger partial charge < -0.3 is 19.4 Å². The normalized spacial score (nSPS) is 17.7. The van der Waals surface area contributed by atoms with Gasteiger partial charge in [0, 0.05) is 24.1 Å². The van der Waals surface area contributed by atoms with E-state index >= 15 is 0 Å². The highest BCUT2D eigenvalue weighted by Gasteiger charge is 2.52. The third-order valence-corrected chi connectivity index (χ3v) is 7.53. The molecule has 1 aliphatic carbocycles. The minimum absolute atomic E-state index is 0.0141. The van der Waals surface area contributed by atoms with Gasteiger partial charge in [0.2, 0.25) is 0 Å². The predicted octanol–water partition coefficient (Wildman–Crippen LogP) is 3.62. The van der Waals surface area contributed by atoms with Crippen molar-refractivity contribution in [1.29, 1.82) is 0 Å². The van der Waals surface area contributed by atoms with E-state index in [1.807, 2.05) is 52.0 Å². The van der Waals surface area contributed by atoms with Gasteiger partial charge in [-0.1, -0.05) is 54.6 Å². The molecule has 9 nitrogen and oxygen atoms in total. The molecule has 2 aliphatic rings. The molecule has 0 bridgehead atoms. The van der Waals surface area contributed by atoms with Gasteiger partial charge in [-0.25, -0.2) is 4.79 Å². The standard InChI is InChI=1S/C28H30BN3O6/c1-27(2)28(3,4)38-29(37-27)18(13-17-14-24(33)31-32-25(17)34)15-30-26(35)36-16-23-21-11-7-5-9-19(21)20-10-6-8-12-22(20)23/h5-14,23H,15-16H2,1-4H3,(H,30,35)(H,31,33)(H,32,34). The summed E-state index contributed by atoms with van der Waals surface area (Å²) in [5.74, 6) is -0.0686. The number of rotatable bonds is 6. The minimum atomic E-state index is -0.840. The highest BCUT2D eigenvalue weighted by molar-refractivity contribution is 6.56. The van der Waals surface area contributed by atoms with Crippen molar-refractivity contribution in [3.8, 4) is 11.1 Å². The van der Waals surface area contributed by atoms with Crippen LogP contribution >= 0.6 is 0 Å². The molecule has 1 aromatic heterocycles. The molecule has 2 aromatic carbocycles. The second-order valence-corrected chi connectivity index (χ2v) is 10.5. The Morgan fingerprint density at radius 2 is 1.55 bits per heavy atom. The van der Waals surface area contributed by atoms with Gasteiger partial charge >= 0.3 is 13.2 Å². The maximum absolute atomic E-state index is 12.8. The molecular weight excluding hydrogens is 485 g/mol. The van der Waals surface area contributed by atoms with Crippen LogP contribution in [0.3, 0.4) is 0 Å². The molecule has 196 valence electrons. The molecule has 0 spiro atoms. The first kappa shape index (κ1) is 25.8. The van der Waals surface area contributed by atoms with Crippen molar-refractivity contribution in [2.24, 2.45) is 0 Å². The number of alkyl carbamates (subject to hydrolysis) is 1. The number of H-pyrrole nitrogens is 2. The zero-order valence-electron chi connectivity index (χ0n) is 21.8. The van der Waals surface area contributed by atoms with Crippen molar-refractivity contribution >= 4 is 19.3 Å². The molecule has 1 fully saturated rings. The number of aromatic nitrogens is 2. The van der Waals surface area contributed by atoms with Gasteiger partial charge in [0.25, 0.3) is 11.1 Å². The number of fused-ring (bicyclic) bond motifs is 3. The van der Waals surface area contributed by atoms with Gasteiger partial charge in [0.15, 0.2) is 0 Å². The smallest absolute Gasteiger partial charge is 0.449 e. The number of nitrogens with one attached hydrogen (secondary N) is 3. The summed E-state index contributed by atoms with van der Waals surface area (Å²) < 4.78 is 17.9. The van der Waals surface area contributed by atoms with E-state index in [-0.39, 0.29) is 24.6 Å². The van der Waals surface area contributed by atoms with E-state index in [1.165, 1.54) is 12.1 Å². The van der Waals surface area contributed by atoms with Crippen LogP contribution in [0, 0.1) is 0 Å². The molecule has 2 heterocycles. The molecule has 3 aromatic rings. The summed E-state index contributed by atoms with van der Waals surface area (Å²) in [5.41, 5.74) is 2.88. The fourth-order valence-corrected chi connectivity index (χ4v) is 4.76. The summed E-state index contributed by atoms with van der Waals surface area (Å²) in [7, 11) is -0.840. The fraction of sp³-hybridized carbons (Fsp3) is 0.321. The zero-order valence-corrected chi connectivity index (χ0v) is 21.8. The number of ether oxygens (including phenoxy) is 1. The quantitative estimate of drug-likeness (QED) is 0.431. The Kier molecular flexibility index (Phi) is 6.62. The molecule has 1 saturated heterocycles. The zero-order chi connectivity index (χ0) is 27.1. The van der Waals surface area contributed by atoms with Crippen LogP contribution in [0.25, 0.3) is 17.2 Å². The van der Waals surface area contributed by atoms with Gasteiger partial charge in [0.05, 0.1) is 11.2 Å². The van der Waals surface area contributed by atoms with E-state index in [1.54, 1.807) is 0 Å². The van der Waals surface area contributed by atoms with Crippen molar-refractivity contribution < 1.29 is 18.8 Å². The summed E-state index contributed by atoms with van der Waals surface area (Å²) >= 11 is 0. The first-order valence-electron chi connectivity index (χ1n) is 12.5. The Hall–Kier alpha value is -3.89. The lowest BCUT2D eigenvalue weighted by molar-refractivity contribution is 0.00578. The van der Waals surface area contributed by atoms with Crippen LogP contribution in [0.1, 0.15) is 50.3 Å². The van der Waals surface area contributed by atoms with Gasteiger partial charge in [0.1, 0.15) is 6.61 Å². The van der Waals surface area contributed by atoms with Crippen LogP contribution in [0.4, 0.5) is 4.79 Å². The van der Waals surface area contributed by atoms with Crippen molar-refractivity contribution in [2.45, 2.75) is 44.8 Å². The molecule has 1 aliphatic heterocycles. The van der Waals surface area contributed by atoms with Gasteiger partial charge in [-0.05, 0) is 55.4 Å². The summed E-state index contributed by atoms with van der Waals surface area (Å²) in [5, 5.41) is 7.29. The Balaban J connectivity index is 1.32. The molecular formula is C28H30BN3O6. The monoisotopic (exact) mass is 515 g/mol. The first-order chi connectivity index (χ1) is 18.1. The van der Waals surface area contributed by atoms with Crippen LogP contribution < -0.4 is 16.4 Å². The molecule has 10 heteroatoms. The SMILES string of the molecule is CC1(C)OB(C(=Cc2cc(=O)[nH][nH]c2=O)CNC(=O)OCC2c3ccccc3-c3ccccc32)OC1(C)C. The van der Waals surface area contributed by atoms with Crippen molar-refractivity contribution in [3.05, 3.63) is 97.5 Å². The highest BCUT2D eigenvalue weighted by atomic mass is 16.7. The first-order valence-corrected chi connectivity index (χ1v) is 12.5. The Bertz CT molecular complexity index is 1460. The number of hydrogen-bond acceptors (Lipinski definition) is 6. The molecule has 38 heavy (non-hydrogen) atoms. The lowest BCUT2D eigenvalue weighted by Crippen LogP contribution is -2.41. The average molecular weight is 515 g/mol. The second-order valence-electron chi connectivity index (χ2n) is 10.5. The van der Waals surface area contributed by atoms with E-state index in [9.17, 15) is 14.4 Å². The topological polar surface area (TPSA) is 123 Å². The van der Waals surface area contributed by atoms with Gasteiger partial charge in [-0.2, -0.15) is 0 Å². The second kappa shape index (κ2) is 9.77.